The average molecular weight is 464 g/mol. The van der Waals surface area contributed by atoms with Crippen LogP contribution in [0.4, 0.5) is 15.8 Å². The molecule has 1 aliphatic heterocycles. The lowest BCUT2D eigenvalue weighted by Crippen LogP contribution is -2.24. The van der Waals surface area contributed by atoms with E-state index in [1.807, 2.05) is 12.1 Å². The number of aromatic nitrogens is 3. The predicted molar refractivity (Wildman–Crippen MR) is 124 cm³/mol. The zero-order valence-corrected chi connectivity index (χ0v) is 18.2. The van der Waals surface area contributed by atoms with Crippen LogP contribution in [0.25, 0.3) is 11.5 Å². The van der Waals surface area contributed by atoms with Gasteiger partial charge in [0.2, 0.25) is 5.91 Å². The lowest BCUT2D eigenvalue weighted by Gasteiger charge is -2.18. The minimum absolute atomic E-state index is 0.0464. The number of hydrogen-bond donors (Lipinski definition) is 1. The zero-order valence-electron chi connectivity index (χ0n) is 17.4. The first-order valence-corrected chi connectivity index (χ1v) is 10.8. The van der Waals surface area contributed by atoms with E-state index in [0.29, 0.717) is 46.4 Å². The third kappa shape index (κ3) is 4.01. The lowest BCUT2D eigenvalue weighted by molar-refractivity contribution is -0.117. The monoisotopic (exact) mass is 463 g/mol. The lowest BCUT2D eigenvalue weighted by atomic mass is 10.2. The maximum absolute atomic E-state index is 13.4. The highest BCUT2D eigenvalue weighted by atomic mass is 35.5. The third-order valence-electron chi connectivity index (χ3n) is 5.49. The number of anilines is 2. The average Bonchev–Trinajstić information content (AvgIpc) is 3.56. The molecule has 166 valence electrons. The van der Waals surface area contributed by atoms with Crippen LogP contribution in [-0.4, -0.2) is 32.7 Å². The van der Waals surface area contributed by atoms with Gasteiger partial charge in [-0.25, -0.2) is 9.07 Å². The molecule has 4 aromatic rings. The van der Waals surface area contributed by atoms with Crippen molar-refractivity contribution in [2.45, 2.75) is 12.8 Å². The molecule has 9 heteroatoms. The summed E-state index contributed by atoms with van der Waals surface area (Å²) in [4.78, 5) is 27.1. The van der Waals surface area contributed by atoms with Crippen LogP contribution < -0.4 is 10.2 Å². The molecule has 3 heterocycles. The van der Waals surface area contributed by atoms with Gasteiger partial charge in [0, 0.05) is 31.0 Å². The van der Waals surface area contributed by atoms with Gasteiger partial charge in [-0.2, -0.15) is 5.10 Å². The van der Waals surface area contributed by atoms with E-state index in [0.717, 1.165) is 6.42 Å². The van der Waals surface area contributed by atoms with Gasteiger partial charge in [0.15, 0.2) is 5.82 Å². The van der Waals surface area contributed by atoms with Crippen LogP contribution in [0.5, 0.6) is 0 Å². The molecule has 0 bridgehead atoms. The molecule has 0 spiro atoms. The highest BCUT2D eigenvalue weighted by Crippen LogP contribution is 2.31. The summed E-state index contributed by atoms with van der Waals surface area (Å²) in [5.74, 6) is -0.243. The second-order valence-corrected chi connectivity index (χ2v) is 8.03. The molecule has 7 nitrogen and oxygen atoms in total. The second-order valence-electron chi connectivity index (χ2n) is 7.63. The van der Waals surface area contributed by atoms with E-state index in [9.17, 15) is 14.0 Å². The van der Waals surface area contributed by atoms with Crippen molar-refractivity contribution in [2.24, 2.45) is 0 Å². The first kappa shape index (κ1) is 21.0. The molecule has 0 atom stereocenters. The van der Waals surface area contributed by atoms with Gasteiger partial charge in [0.25, 0.3) is 5.91 Å². The molecule has 2 amide bonds. The third-order valence-corrected chi connectivity index (χ3v) is 5.82. The molecule has 1 fully saturated rings. The Morgan fingerprint density at radius 2 is 1.79 bits per heavy atom. The van der Waals surface area contributed by atoms with Crippen molar-refractivity contribution in [1.29, 1.82) is 0 Å². The fraction of sp³-hybridized carbons (Fsp3) is 0.125. The van der Waals surface area contributed by atoms with Crippen LogP contribution in [-0.2, 0) is 4.79 Å². The van der Waals surface area contributed by atoms with Crippen molar-refractivity contribution in [3.63, 3.8) is 0 Å². The first-order chi connectivity index (χ1) is 16.0. The van der Waals surface area contributed by atoms with Gasteiger partial charge in [0.05, 0.1) is 22.6 Å². The van der Waals surface area contributed by atoms with Gasteiger partial charge >= 0.3 is 0 Å². The van der Waals surface area contributed by atoms with Gasteiger partial charge in [-0.1, -0.05) is 11.6 Å². The molecule has 33 heavy (non-hydrogen) atoms. The Morgan fingerprint density at radius 1 is 1.06 bits per heavy atom. The summed E-state index contributed by atoms with van der Waals surface area (Å²) in [6.07, 6.45) is 6.34. The van der Waals surface area contributed by atoms with Crippen LogP contribution in [0.2, 0.25) is 5.02 Å². The normalized spacial score (nSPS) is 13.5. The summed E-state index contributed by atoms with van der Waals surface area (Å²) < 4.78 is 16.7. The van der Waals surface area contributed by atoms with Gasteiger partial charge in [-0.3, -0.25) is 9.59 Å². The van der Waals surface area contributed by atoms with Crippen LogP contribution in [0.3, 0.4) is 0 Å². The van der Waals surface area contributed by atoms with Crippen molar-refractivity contribution >= 4 is 34.8 Å². The summed E-state index contributed by atoms with van der Waals surface area (Å²) >= 11 is 6.35. The number of carbonyl (C=O) groups excluding carboxylic acids is 2. The quantitative estimate of drug-likeness (QED) is 0.460. The zero-order chi connectivity index (χ0) is 22.9. The number of benzene rings is 2. The van der Waals surface area contributed by atoms with E-state index < -0.39 is 5.91 Å². The Bertz CT molecular complexity index is 1330. The second kappa shape index (κ2) is 8.55. The predicted octanol–water partition coefficient (Wildman–Crippen LogP) is 4.83. The molecular formula is C24H19ClFN5O2. The Morgan fingerprint density at radius 3 is 2.48 bits per heavy atom. The molecule has 1 aliphatic rings. The summed E-state index contributed by atoms with van der Waals surface area (Å²) in [5, 5.41) is 7.57. The number of halogens is 2. The minimum Gasteiger partial charge on any atom is -0.320 e. The van der Waals surface area contributed by atoms with E-state index in [1.165, 1.54) is 18.3 Å². The maximum Gasteiger partial charge on any atom is 0.261 e. The number of hydrogen-bond acceptors (Lipinski definition) is 3. The highest BCUT2D eigenvalue weighted by molar-refractivity contribution is 6.34. The van der Waals surface area contributed by atoms with Crippen LogP contribution in [0, 0.1) is 5.82 Å². The van der Waals surface area contributed by atoms with Crippen molar-refractivity contribution in [3.05, 3.63) is 89.6 Å². The summed E-state index contributed by atoms with van der Waals surface area (Å²) in [5.41, 5.74) is 1.98. The Balaban J connectivity index is 1.51. The fourth-order valence-electron chi connectivity index (χ4n) is 3.89. The number of nitrogens with zero attached hydrogens (tertiary/aromatic N) is 4. The van der Waals surface area contributed by atoms with E-state index in [1.54, 1.807) is 56.9 Å². The van der Waals surface area contributed by atoms with Crippen molar-refractivity contribution in [1.82, 2.24) is 14.3 Å². The molecule has 0 unspecified atom stereocenters. The number of carbonyl (C=O) groups is 2. The first-order valence-electron chi connectivity index (χ1n) is 10.4. The van der Waals surface area contributed by atoms with Gasteiger partial charge in [-0.15, -0.1) is 0 Å². The molecule has 5 rings (SSSR count). The van der Waals surface area contributed by atoms with Crippen LogP contribution in [0.1, 0.15) is 23.2 Å². The Kier molecular flexibility index (Phi) is 5.43. The molecule has 1 N–H and O–H groups in total. The van der Waals surface area contributed by atoms with Crippen LogP contribution in [0.15, 0.2) is 73.2 Å². The minimum atomic E-state index is -0.418. The SMILES string of the molecule is O=C(Nc1cc(N2CCCC2=O)ccc1Cl)c1cnn(-c2ccc(F)cc2)c1-n1cccc1. The number of nitrogens with one attached hydrogen (secondary N) is 1. The van der Waals surface area contributed by atoms with Crippen molar-refractivity contribution < 1.29 is 14.0 Å². The summed E-state index contributed by atoms with van der Waals surface area (Å²) in [6.45, 7) is 0.635. The fourth-order valence-corrected chi connectivity index (χ4v) is 4.05. The van der Waals surface area contributed by atoms with Gasteiger partial charge in [-0.05, 0) is 61.0 Å². The highest BCUT2D eigenvalue weighted by Gasteiger charge is 2.24. The Hall–Kier alpha value is -3.91. The molecule has 2 aromatic carbocycles. The number of amides is 2. The van der Waals surface area contributed by atoms with Crippen molar-refractivity contribution in [3.8, 4) is 11.5 Å². The van der Waals surface area contributed by atoms with Crippen LogP contribution >= 0.6 is 11.6 Å². The molecule has 2 aromatic heterocycles. The Labute approximate surface area is 194 Å². The molecule has 0 radical (unpaired) electrons. The largest absolute Gasteiger partial charge is 0.320 e. The molecular weight excluding hydrogens is 445 g/mol. The summed E-state index contributed by atoms with van der Waals surface area (Å²) in [6, 6.07) is 14.6. The van der Waals surface area contributed by atoms with Crippen molar-refractivity contribution in [2.75, 3.05) is 16.8 Å². The maximum atomic E-state index is 13.4. The topological polar surface area (TPSA) is 72.2 Å². The smallest absolute Gasteiger partial charge is 0.261 e. The van der Waals surface area contributed by atoms with Gasteiger partial charge < -0.3 is 14.8 Å². The van der Waals surface area contributed by atoms with E-state index in [4.69, 9.17) is 11.6 Å². The standard InChI is InChI=1S/C24H19ClFN5O2/c25-20-10-9-18(30-13-3-4-22(30)32)14-21(20)28-23(33)19-15-27-31(17-7-5-16(26)6-8-17)24(19)29-11-1-2-12-29/h1-2,5-12,14-15H,3-4,13H2,(H,28,33). The summed E-state index contributed by atoms with van der Waals surface area (Å²) in [7, 11) is 0. The van der Waals surface area contributed by atoms with E-state index in [-0.39, 0.29) is 11.7 Å². The molecule has 0 aliphatic carbocycles. The number of rotatable bonds is 5. The molecule has 1 saturated heterocycles. The van der Waals surface area contributed by atoms with E-state index >= 15 is 0 Å². The molecule has 0 saturated carbocycles. The van der Waals surface area contributed by atoms with E-state index in [2.05, 4.69) is 10.4 Å². The van der Waals surface area contributed by atoms with Gasteiger partial charge in [0.1, 0.15) is 11.4 Å².